The Hall–Kier alpha value is -0.120. The van der Waals surface area contributed by atoms with Gasteiger partial charge in [-0.1, -0.05) is 0 Å². The van der Waals surface area contributed by atoms with Crippen LogP contribution in [0.5, 0.6) is 0 Å². The van der Waals surface area contributed by atoms with Crippen molar-refractivity contribution < 1.29 is 4.74 Å². The summed E-state index contributed by atoms with van der Waals surface area (Å²) in [6, 6.07) is 0. The predicted molar refractivity (Wildman–Crippen MR) is 73.4 cm³/mol. The van der Waals surface area contributed by atoms with Crippen molar-refractivity contribution in [2.24, 2.45) is 5.92 Å². The first kappa shape index (κ1) is 14.9. The standard InChI is InChI=1S/C14H30N2O/c1-14(2,3)17-12-11-16(4)10-7-13-5-8-15-9-6-13/h13,15H,5-12H2,1-4H3. The monoisotopic (exact) mass is 242 g/mol. The zero-order valence-electron chi connectivity index (χ0n) is 12.1. The van der Waals surface area contributed by atoms with Gasteiger partial charge in [-0.05, 0) is 72.6 Å². The van der Waals surface area contributed by atoms with Crippen LogP contribution in [0.15, 0.2) is 0 Å². The van der Waals surface area contributed by atoms with Gasteiger partial charge in [-0.2, -0.15) is 0 Å². The quantitative estimate of drug-likeness (QED) is 0.772. The van der Waals surface area contributed by atoms with Crippen LogP contribution in [-0.2, 0) is 4.74 Å². The van der Waals surface area contributed by atoms with Gasteiger partial charge >= 0.3 is 0 Å². The zero-order valence-corrected chi connectivity index (χ0v) is 12.1. The van der Waals surface area contributed by atoms with Crippen LogP contribution < -0.4 is 5.32 Å². The minimum atomic E-state index is -0.00409. The lowest BCUT2D eigenvalue weighted by atomic mass is 9.94. The van der Waals surface area contributed by atoms with Crippen LogP contribution in [0.25, 0.3) is 0 Å². The number of rotatable bonds is 6. The van der Waals surface area contributed by atoms with Gasteiger partial charge in [0.1, 0.15) is 0 Å². The Morgan fingerprint density at radius 2 is 1.82 bits per heavy atom. The molecule has 1 heterocycles. The largest absolute Gasteiger partial charge is 0.375 e. The molecular formula is C14H30N2O. The first-order chi connectivity index (χ1) is 7.97. The molecule has 3 heteroatoms. The fraction of sp³-hybridized carbons (Fsp3) is 1.00. The molecule has 1 aliphatic rings. The number of piperidine rings is 1. The van der Waals surface area contributed by atoms with Gasteiger partial charge in [-0.15, -0.1) is 0 Å². The molecule has 0 aliphatic carbocycles. The maximum Gasteiger partial charge on any atom is 0.0600 e. The van der Waals surface area contributed by atoms with E-state index in [0.29, 0.717) is 0 Å². The van der Waals surface area contributed by atoms with Gasteiger partial charge in [0, 0.05) is 6.54 Å². The number of hydrogen-bond donors (Lipinski definition) is 1. The summed E-state index contributed by atoms with van der Waals surface area (Å²) in [5.41, 5.74) is -0.00409. The third-order valence-electron chi connectivity index (χ3n) is 3.39. The van der Waals surface area contributed by atoms with Gasteiger partial charge < -0.3 is 15.0 Å². The highest BCUT2D eigenvalue weighted by Gasteiger charge is 2.14. The fourth-order valence-electron chi connectivity index (χ4n) is 2.19. The molecule has 0 saturated carbocycles. The lowest BCUT2D eigenvalue weighted by Crippen LogP contribution is -2.32. The van der Waals surface area contributed by atoms with Crippen LogP contribution in [-0.4, -0.2) is 50.3 Å². The van der Waals surface area contributed by atoms with E-state index in [4.69, 9.17) is 4.74 Å². The average Bonchev–Trinajstić information content (AvgIpc) is 2.26. The van der Waals surface area contributed by atoms with Gasteiger partial charge in [-0.25, -0.2) is 0 Å². The molecule has 0 amide bonds. The van der Waals surface area contributed by atoms with E-state index in [2.05, 4.69) is 38.0 Å². The van der Waals surface area contributed by atoms with Crippen molar-refractivity contribution in [1.29, 1.82) is 0 Å². The van der Waals surface area contributed by atoms with Crippen LogP contribution in [0.1, 0.15) is 40.0 Å². The Bertz CT molecular complexity index is 195. The molecule has 0 radical (unpaired) electrons. The van der Waals surface area contributed by atoms with Gasteiger partial charge in [0.2, 0.25) is 0 Å². The number of ether oxygens (including phenoxy) is 1. The summed E-state index contributed by atoms with van der Waals surface area (Å²) in [6.07, 6.45) is 4.05. The summed E-state index contributed by atoms with van der Waals surface area (Å²) < 4.78 is 5.74. The average molecular weight is 242 g/mol. The molecule has 102 valence electrons. The SMILES string of the molecule is CN(CCOC(C)(C)C)CCC1CCNCC1. The second-order valence-electron chi connectivity index (χ2n) is 6.25. The van der Waals surface area contributed by atoms with E-state index >= 15 is 0 Å². The molecule has 0 aromatic rings. The molecule has 0 bridgehead atoms. The first-order valence-electron chi connectivity index (χ1n) is 7.00. The van der Waals surface area contributed by atoms with E-state index in [1.807, 2.05) is 0 Å². The molecule has 1 rings (SSSR count). The Morgan fingerprint density at radius 1 is 1.18 bits per heavy atom. The summed E-state index contributed by atoms with van der Waals surface area (Å²) in [5.74, 6) is 0.933. The van der Waals surface area contributed by atoms with Crippen molar-refractivity contribution in [3.05, 3.63) is 0 Å². The van der Waals surface area contributed by atoms with Crippen molar-refractivity contribution in [2.75, 3.05) is 39.8 Å². The lowest BCUT2D eigenvalue weighted by molar-refractivity contribution is -0.0111. The Kier molecular flexibility index (Phi) is 6.45. The Labute approximate surface area is 107 Å². The van der Waals surface area contributed by atoms with Crippen LogP contribution in [0, 0.1) is 5.92 Å². The van der Waals surface area contributed by atoms with E-state index < -0.39 is 0 Å². The second kappa shape index (κ2) is 7.34. The number of nitrogens with one attached hydrogen (secondary N) is 1. The second-order valence-corrected chi connectivity index (χ2v) is 6.25. The highest BCUT2D eigenvalue weighted by molar-refractivity contribution is 4.69. The third kappa shape index (κ3) is 7.74. The van der Waals surface area contributed by atoms with E-state index in [1.54, 1.807) is 0 Å². The minimum Gasteiger partial charge on any atom is -0.375 e. The van der Waals surface area contributed by atoms with Crippen molar-refractivity contribution in [3.8, 4) is 0 Å². The fourth-order valence-corrected chi connectivity index (χ4v) is 2.19. The van der Waals surface area contributed by atoms with Crippen LogP contribution in [0.2, 0.25) is 0 Å². The molecule has 0 aromatic heterocycles. The highest BCUT2D eigenvalue weighted by atomic mass is 16.5. The third-order valence-corrected chi connectivity index (χ3v) is 3.39. The summed E-state index contributed by atoms with van der Waals surface area (Å²) in [5, 5.41) is 3.42. The minimum absolute atomic E-state index is 0.00409. The topological polar surface area (TPSA) is 24.5 Å². The van der Waals surface area contributed by atoms with Gasteiger partial charge in [-0.3, -0.25) is 0 Å². The van der Waals surface area contributed by atoms with Crippen molar-refractivity contribution in [1.82, 2.24) is 10.2 Å². The highest BCUT2D eigenvalue weighted by Crippen LogP contribution is 2.16. The summed E-state index contributed by atoms with van der Waals surface area (Å²) in [7, 11) is 2.20. The summed E-state index contributed by atoms with van der Waals surface area (Å²) in [6.45, 7) is 11.8. The molecule has 1 saturated heterocycles. The van der Waals surface area contributed by atoms with Crippen LogP contribution in [0.3, 0.4) is 0 Å². The van der Waals surface area contributed by atoms with Crippen molar-refractivity contribution >= 4 is 0 Å². The molecule has 3 nitrogen and oxygen atoms in total. The molecule has 0 unspecified atom stereocenters. The molecule has 1 aliphatic heterocycles. The Balaban J connectivity index is 2.02. The van der Waals surface area contributed by atoms with E-state index in [1.165, 1.54) is 38.9 Å². The normalized spacial score (nSPS) is 18.9. The number of likely N-dealkylation sites (N-methyl/N-ethyl adjacent to an activating group) is 1. The number of hydrogen-bond acceptors (Lipinski definition) is 3. The van der Waals surface area contributed by atoms with Gasteiger partial charge in [0.05, 0.1) is 12.2 Å². The van der Waals surface area contributed by atoms with Crippen molar-refractivity contribution in [2.45, 2.75) is 45.6 Å². The zero-order chi connectivity index (χ0) is 12.7. The van der Waals surface area contributed by atoms with Gasteiger partial charge in [0.15, 0.2) is 0 Å². The van der Waals surface area contributed by atoms with E-state index in [9.17, 15) is 0 Å². The number of nitrogens with zero attached hydrogens (tertiary/aromatic N) is 1. The molecule has 0 aromatic carbocycles. The van der Waals surface area contributed by atoms with Crippen LogP contribution in [0.4, 0.5) is 0 Å². The molecule has 0 atom stereocenters. The van der Waals surface area contributed by atoms with Crippen molar-refractivity contribution in [3.63, 3.8) is 0 Å². The Morgan fingerprint density at radius 3 is 2.41 bits per heavy atom. The molecule has 1 N–H and O–H groups in total. The molecule has 1 fully saturated rings. The van der Waals surface area contributed by atoms with Crippen LogP contribution >= 0.6 is 0 Å². The van der Waals surface area contributed by atoms with E-state index in [0.717, 1.165) is 19.1 Å². The molecule has 0 spiro atoms. The summed E-state index contributed by atoms with van der Waals surface area (Å²) in [4.78, 5) is 2.40. The summed E-state index contributed by atoms with van der Waals surface area (Å²) >= 11 is 0. The lowest BCUT2D eigenvalue weighted by Gasteiger charge is -2.26. The first-order valence-corrected chi connectivity index (χ1v) is 7.00. The molecular weight excluding hydrogens is 212 g/mol. The predicted octanol–water partition coefficient (Wildman–Crippen LogP) is 2.12. The molecule has 17 heavy (non-hydrogen) atoms. The maximum absolute atomic E-state index is 5.74. The maximum atomic E-state index is 5.74. The smallest absolute Gasteiger partial charge is 0.0600 e. The van der Waals surface area contributed by atoms with E-state index in [-0.39, 0.29) is 5.60 Å². The van der Waals surface area contributed by atoms with Gasteiger partial charge in [0.25, 0.3) is 0 Å².